The fraction of sp³-hybridized carbons (Fsp3) is 0.833. The van der Waals surface area contributed by atoms with Crippen LogP contribution >= 0.6 is 0 Å². The molecule has 8 fully saturated rings. The van der Waals surface area contributed by atoms with Crippen molar-refractivity contribution in [2.45, 2.75) is 246 Å². The highest BCUT2D eigenvalue weighted by atomic mass is 16.8. The van der Waals surface area contributed by atoms with Crippen LogP contribution in [0.15, 0.2) is 0 Å². The number of ether oxygens (including phenoxy) is 15. The van der Waals surface area contributed by atoms with Crippen molar-refractivity contribution in [1.29, 1.82) is 0 Å². The average Bonchev–Trinajstić information content (AvgIpc) is 0.775. The monoisotopic (exact) mass is 1430 g/mol. The van der Waals surface area contributed by atoms with Gasteiger partial charge in [-0.2, -0.15) is 0 Å². The summed E-state index contributed by atoms with van der Waals surface area (Å²) in [6, 6.07) is 0. The van der Waals surface area contributed by atoms with Gasteiger partial charge in [0.15, 0.2) is 99.2 Å². The first-order valence-electron chi connectivity index (χ1n) is 28.1. The average molecular weight is 1430 g/mol. The summed E-state index contributed by atoms with van der Waals surface area (Å²) in [6.07, 6.45) is -103. The SMILES string of the molecule is O=C(O)[C@H]1O[C@@H](O[C@H]2[C@H](O)[C@H](O)[C@H](O[C@H]3[C@H](O)[C@H](O)[C@H](O[C@H]4[C@H](O)[C@H](O)[C@H](O[C@H]5[C@H](O)[C@H](O)[C@H](O[C@H]6[C@H](O)[C@H](O)[C@H](O[C@H]7[C@H](O)[C@H](O)[C@H](O[C@H]8[C@H](O)[C@H](O)[C@H](O)O[C@@H]8C(=O)O)O[C@@H]7C(=O)O)O[C@@H]6C(=O)O)O[C@@H]5C(=O)O)O[C@@H]4C(=O)O)O[C@@H]3C(=O)O)O[C@@H]2C(=O)O)[C@@H](O)[C@@H](O)[C@@H]1O. The Bertz CT molecular complexity index is 2820. The van der Waals surface area contributed by atoms with Gasteiger partial charge in [0, 0.05) is 0 Å². The van der Waals surface area contributed by atoms with Crippen LogP contribution in [0.25, 0.3) is 0 Å². The van der Waals surface area contributed by atoms with E-state index in [0.29, 0.717) is 0 Å². The van der Waals surface area contributed by atoms with Crippen molar-refractivity contribution in [2.75, 3.05) is 0 Å². The van der Waals surface area contributed by atoms with Gasteiger partial charge in [-0.15, -0.1) is 0 Å². The fourth-order valence-corrected chi connectivity index (χ4v) is 11.2. The molecule has 0 radical (unpaired) electrons. The van der Waals surface area contributed by atoms with Crippen molar-refractivity contribution < 1.29 is 242 Å². The summed E-state index contributed by atoms with van der Waals surface area (Å²) in [5, 5.41) is 274. The summed E-state index contributed by atoms with van der Waals surface area (Å²) in [6.45, 7) is 0. The molecule has 0 spiro atoms. The van der Waals surface area contributed by atoms with E-state index in [2.05, 4.69) is 4.74 Å². The van der Waals surface area contributed by atoms with Gasteiger partial charge in [0.25, 0.3) is 0 Å². The molecule has 49 nitrogen and oxygen atoms in total. The van der Waals surface area contributed by atoms with Crippen molar-refractivity contribution in [2.24, 2.45) is 0 Å². The quantitative estimate of drug-likeness (QED) is 0.0479. The highest BCUT2D eigenvalue weighted by molar-refractivity contribution is 5.77. The number of carbonyl (C=O) groups is 8. The molecule has 26 N–H and O–H groups in total. The van der Waals surface area contributed by atoms with Gasteiger partial charge >= 0.3 is 47.8 Å². The summed E-state index contributed by atoms with van der Waals surface area (Å²) in [5.41, 5.74) is 0. The molecule has 0 unspecified atom stereocenters. The zero-order valence-corrected chi connectivity index (χ0v) is 48.1. The van der Waals surface area contributed by atoms with Crippen LogP contribution < -0.4 is 0 Å². The molecule has 8 heterocycles. The van der Waals surface area contributed by atoms with Gasteiger partial charge in [-0.25, -0.2) is 38.4 Å². The standard InChI is InChI=1S/C48H66O49/c49-1-2(50)25(33(66)67)91-42(11(1)59)85-19-4(52)13(61)44(93-27(19)35(70)71)87-21-6(54)15(63)46(95-29(21)37(74)75)89-23-8(56)17(65)48(97-31(23)39(78)79)90-24-9(57)16(64)47(96-32(24)40(80)81)88-22-7(55)14(62)45(94-30(22)38(76)77)86-20-5(53)12(60)43(92-28(20)36(72)73)84-18-3(51)10(58)41(82)83-26(18)34(68)69/h1-32,41-65,82H,(H,66,67)(H,68,69)(H,70,71)(H,72,73)(H,74,75)(H,76,77)(H,78,79)(H,80,81)/t1-,2-,3+,4+,5+,6+,7+,8+,9+,10-,11-,12-,13-,14-,15-,16-,17-,18-,19-,20-,21-,22-,23-,24-,25-,26-,27-,28-,29-,30-,31-,32-,41+,42+,43+,44+,45+,46+,47+,48+/m0/s1. The molecule has 0 aromatic heterocycles. The molecule has 40 atom stereocenters. The highest BCUT2D eigenvalue weighted by Gasteiger charge is 2.63. The van der Waals surface area contributed by atoms with Crippen LogP contribution in [0.3, 0.4) is 0 Å². The summed E-state index contributed by atoms with van der Waals surface area (Å²) in [5.74, 6) is -16.9. The molecular formula is C48H66O49. The largest absolute Gasteiger partial charge is 0.479 e. The van der Waals surface area contributed by atoms with E-state index in [1.165, 1.54) is 0 Å². The minimum absolute atomic E-state index is 1.93. The summed E-state index contributed by atoms with van der Waals surface area (Å²) in [4.78, 5) is 98.8. The second-order valence-corrected chi connectivity index (χ2v) is 22.7. The fourth-order valence-electron chi connectivity index (χ4n) is 11.2. The van der Waals surface area contributed by atoms with Gasteiger partial charge in [0.2, 0.25) is 0 Å². The molecular weight excluding hydrogens is 1360 g/mol. The van der Waals surface area contributed by atoms with Gasteiger partial charge in [-0.05, 0) is 0 Å². The van der Waals surface area contributed by atoms with E-state index in [4.69, 9.17) is 66.3 Å². The molecule has 8 aliphatic rings. The van der Waals surface area contributed by atoms with Crippen molar-refractivity contribution in [3.8, 4) is 0 Å². The molecule has 552 valence electrons. The van der Waals surface area contributed by atoms with Crippen LogP contribution in [0.2, 0.25) is 0 Å². The van der Waals surface area contributed by atoms with Gasteiger partial charge < -0.3 is 204 Å². The number of aliphatic hydroxyl groups is 18. The Morgan fingerprint density at radius 1 is 0.175 bits per heavy atom. The third-order valence-corrected chi connectivity index (χ3v) is 16.4. The predicted octanol–water partition coefficient (Wildman–Crippen LogP) is -17.7. The topological polar surface area (TPSA) is 801 Å². The number of hydrogen-bond donors (Lipinski definition) is 26. The zero-order valence-electron chi connectivity index (χ0n) is 48.1. The first-order chi connectivity index (χ1) is 45.2. The van der Waals surface area contributed by atoms with Crippen LogP contribution in [0, 0.1) is 0 Å². The third-order valence-electron chi connectivity index (χ3n) is 16.4. The Kier molecular flexibility index (Phi) is 24.5. The highest BCUT2D eigenvalue weighted by Crippen LogP contribution is 2.39. The number of carboxylic acid groups (broad SMARTS) is 8. The summed E-state index contributed by atoms with van der Waals surface area (Å²) in [7, 11) is 0. The lowest BCUT2D eigenvalue weighted by Crippen LogP contribution is -2.69. The smallest absolute Gasteiger partial charge is 0.335 e. The Morgan fingerprint density at radius 3 is 0.495 bits per heavy atom. The van der Waals surface area contributed by atoms with Gasteiger partial charge in [0.1, 0.15) is 146 Å². The molecule has 0 amide bonds. The number of carboxylic acids is 8. The minimum Gasteiger partial charge on any atom is -0.479 e. The maximum absolute atomic E-state index is 12.7. The zero-order chi connectivity index (χ0) is 72.3. The molecule has 0 bridgehead atoms. The summed E-state index contributed by atoms with van der Waals surface area (Å²) >= 11 is 0. The third kappa shape index (κ3) is 15.4. The molecule has 0 saturated carbocycles. The molecule has 97 heavy (non-hydrogen) atoms. The van der Waals surface area contributed by atoms with E-state index in [1.807, 2.05) is 0 Å². The second kappa shape index (κ2) is 30.7. The first-order valence-corrected chi connectivity index (χ1v) is 28.1. The molecule has 49 heteroatoms. The lowest BCUT2D eigenvalue weighted by atomic mass is 9.94. The van der Waals surface area contributed by atoms with Crippen molar-refractivity contribution in [3.63, 3.8) is 0 Å². The number of hydrogen-bond acceptors (Lipinski definition) is 41. The van der Waals surface area contributed by atoms with E-state index in [-0.39, 0.29) is 0 Å². The van der Waals surface area contributed by atoms with E-state index >= 15 is 0 Å². The number of rotatable bonds is 22. The molecule has 8 rings (SSSR count). The van der Waals surface area contributed by atoms with Crippen molar-refractivity contribution in [3.05, 3.63) is 0 Å². The minimum atomic E-state index is -2.76. The number of aliphatic carboxylic acids is 8. The first kappa shape index (κ1) is 77.2. The van der Waals surface area contributed by atoms with E-state index in [9.17, 15) is 171 Å². The van der Waals surface area contributed by atoms with E-state index in [0.717, 1.165) is 0 Å². The lowest BCUT2D eigenvalue weighted by Gasteiger charge is -2.49. The predicted molar refractivity (Wildman–Crippen MR) is 269 cm³/mol. The van der Waals surface area contributed by atoms with Crippen LogP contribution in [0.1, 0.15) is 0 Å². The van der Waals surface area contributed by atoms with Crippen molar-refractivity contribution in [1.82, 2.24) is 0 Å². The van der Waals surface area contributed by atoms with Crippen LogP contribution in [-0.4, -0.2) is 426 Å². The van der Waals surface area contributed by atoms with Crippen LogP contribution in [-0.2, 0) is 109 Å². The molecule has 8 saturated heterocycles. The summed E-state index contributed by atoms with van der Waals surface area (Å²) < 4.78 is 77.7. The second-order valence-electron chi connectivity index (χ2n) is 22.7. The molecule has 0 aromatic rings. The normalized spacial score (nSPS) is 49.8. The molecule has 0 aromatic carbocycles. The Morgan fingerprint density at radius 2 is 0.320 bits per heavy atom. The van der Waals surface area contributed by atoms with Gasteiger partial charge in [0.05, 0.1) is 0 Å². The molecule has 0 aliphatic carbocycles. The van der Waals surface area contributed by atoms with Crippen LogP contribution in [0.5, 0.6) is 0 Å². The Balaban J connectivity index is 0.905. The van der Waals surface area contributed by atoms with Gasteiger partial charge in [-0.3, -0.25) is 0 Å². The Labute approximate surface area is 534 Å². The van der Waals surface area contributed by atoms with E-state index in [1.54, 1.807) is 0 Å². The molecule has 8 aliphatic heterocycles. The van der Waals surface area contributed by atoms with E-state index < -0.39 is 293 Å². The van der Waals surface area contributed by atoms with Crippen LogP contribution in [0.4, 0.5) is 0 Å². The Hall–Kier alpha value is -5.56. The maximum atomic E-state index is 12.7. The lowest BCUT2D eigenvalue weighted by molar-refractivity contribution is -0.389. The maximum Gasteiger partial charge on any atom is 0.335 e. The van der Waals surface area contributed by atoms with Crippen molar-refractivity contribution >= 4 is 47.8 Å². The number of aliphatic hydroxyl groups excluding tert-OH is 18. The van der Waals surface area contributed by atoms with Gasteiger partial charge in [-0.1, -0.05) is 0 Å².